The quantitative estimate of drug-likeness (QED) is 0.781. The van der Waals surface area contributed by atoms with Crippen LogP contribution >= 0.6 is 11.3 Å². The number of thiophene rings is 1. The molecule has 0 radical (unpaired) electrons. The molecule has 0 saturated carbocycles. The van der Waals surface area contributed by atoms with Crippen molar-refractivity contribution in [1.29, 1.82) is 0 Å². The second-order valence-electron chi connectivity index (χ2n) is 3.96. The van der Waals surface area contributed by atoms with Gasteiger partial charge < -0.3 is 5.32 Å². The Hall–Kier alpha value is -0.710. The topological polar surface area (TPSA) is 32.3 Å². The molecule has 1 N–H and O–H groups in total. The predicted molar refractivity (Wildman–Crippen MR) is 62.6 cm³/mol. The molecule has 1 aromatic heterocycles. The Balaban J connectivity index is 1.88. The van der Waals surface area contributed by atoms with Crippen LogP contribution in [-0.2, 0) is 0 Å². The summed E-state index contributed by atoms with van der Waals surface area (Å²) in [6, 6.07) is 4.34. The second kappa shape index (κ2) is 4.88. The summed E-state index contributed by atoms with van der Waals surface area (Å²) in [4.78, 5) is 14.8. The average molecular weight is 224 g/mol. The molecule has 1 aromatic rings. The molecule has 1 fully saturated rings. The van der Waals surface area contributed by atoms with E-state index in [2.05, 4.69) is 10.2 Å². The van der Waals surface area contributed by atoms with Crippen molar-refractivity contribution in [1.82, 2.24) is 10.2 Å². The summed E-state index contributed by atoms with van der Waals surface area (Å²) >= 11 is 1.52. The molecular weight excluding hydrogens is 208 g/mol. The summed E-state index contributed by atoms with van der Waals surface area (Å²) in [5, 5.41) is 5.26. The first-order chi connectivity index (χ1) is 7.27. The molecular formula is C11H16N2OS. The van der Waals surface area contributed by atoms with E-state index in [1.807, 2.05) is 24.6 Å². The zero-order chi connectivity index (χ0) is 10.7. The molecule has 1 atom stereocenters. The van der Waals surface area contributed by atoms with E-state index in [4.69, 9.17) is 0 Å². The predicted octanol–water partition coefficient (Wildman–Crippen LogP) is 1.22. The Kier molecular flexibility index (Phi) is 3.51. The first-order valence-corrected chi connectivity index (χ1v) is 6.13. The normalized spacial score (nSPS) is 21.1. The van der Waals surface area contributed by atoms with E-state index in [9.17, 15) is 4.79 Å². The first kappa shape index (κ1) is 10.8. The molecule has 1 saturated heterocycles. The fourth-order valence-electron chi connectivity index (χ4n) is 1.89. The number of hydrogen-bond donors (Lipinski definition) is 1. The van der Waals surface area contributed by atoms with Crippen molar-refractivity contribution >= 4 is 17.1 Å². The SMILES string of the molecule is CN(CC(=O)c1cccs1)C1CCNC1. The fourth-order valence-corrected chi connectivity index (χ4v) is 2.54. The highest BCUT2D eigenvalue weighted by molar-refractivity contribution is 7.12. The van der Waals surface area contributed by atoms with Crippen LogP contribution in [0.2, 0.25) is 0 Å². The van der Waals surface area contributed by atoms with Crippen LogP contribution in [-0.4, -0.2) is 43.4 Å². The third-order valence-corrected chi connectivity index (χ3v) is 3.76. The number of ketones is 1. The van der Waals surface area contributed by atoms with Gasteiger partial charge in [0.15, 0.2) is 5.78 Å². The smallest absolute Gasteiger partial charge is 0.186 e. The number of carbonyl (C=O) groups is 1. The molecule has 1 aliphatic heterocycles. The Morgan fingerprint density at radius 1 is 1.73 bits per heavy atom. The third-order valence-electron chi connectivity index (χ3n) is 2.85. The van der Waals surface area contributed by atoms with Gasteiger partial charge in [-0.1, -0.05) is 6.07 Å². The van der Waals surface area contributed by atoms with E-state index in [1.54, 1.807) is 0 Å². The maximum atomic E-state index is 11.8. The highest BCUT2D eigenvalue weighted by Gasteiger charge is 2.21. The number of likely N-dealkylation sites (N-methyl/N-ethyl adjacent to an activating group) is 1. The van der Waals surface area contributed by atoms with Gasteiger partial charge in [-0.25, -0.2) is 0 Å². The molecule has 2 heterocycles. The summed E-state index contributed by atoms with van der Waals surface area (Å²) in [6.45, 7) is 2.61. The van der Waals surface area contributed by atoms with Crippen LogP contribution in [0.25, 0.3) is 0 Å². The highest BCUT2D eigenvalue weighted by Crippen LogP contribution is 2.12. The molecule has 0 aliphatic carbocycles. The summed E-state index contributed by atoms with van der Waals surface area (Å²) in [6.07, 6.45) is 1.15. The van der Waals surface area contributed by atoms with Crippen LogP contribution < -0.4 is 5.32 Å². The minimum Gasteiger partial charge on any atom is -0.315 e. The van der Waals surface area contributed by atoms with Gasteiger partial charge in [0.05, 0.1) is 11.4 Å². The lowest BCUT2D eigenvalue weighted by molar-refractivity contribution is 0.0929. The molecule has 82 valence electrons. The van der Waals surface area contributed by atoms with Gasteiger partial charge in [-0.2, -0.15) is 0 Å². The fraction of sp³-hybridized carbons (Fsp3) is 0.545. The summed E-state index contributed by atoms with van der Waals surface area (Å²) < 4.78 is 0. The molecule has 4 heteroatoms. The van der Waals surface area contributed by atoms with Gasteiger partial charge >= 0.3 is 0 Å². The van der Waals surface area contributed by atoms with Gasteiger partial charge in [0.2, 0.25) is 0 Å². The van der Waals surface area contributed by atoms with Gasteiger partial charge in [0.1, 0.15) is 0 Å². The number of carbonyl (C=O) groups excluding carboxylic acids is 1. The minimum atomic E-state index is 0.236. The van der Waals surface area contributed by atoms with Crippen molar-refractivity contribution in [2.75, 3.05) is 26.7 Å². The summed E-state index contributed by atoms with van der Waals surface area (Å²) in [5.74, 6) is 0.236. The van der Waals surface area contributed by atoms with Crippen LogP contribution in [0.3, 0.4) is 0 Å². The lowest BCUT2D eigenvalue weighted by Crippen LogP contribution is -2.37. The van der Waals surface area contributed by atoms with Gasteiger partial charge in [-0.3, -0.25) is 9.69 Å². The van der Waals surface area contributed by atoms with Crippen LogP contribution in [0.1, 0.15) is 16.1 Å². The van der Waals surface area contributed by atoms with Gasteiger partial charge in [-0.15, -0.1) is 11.3 Å². The Morgan fingerprint density at radius 2 is 2.60 bits per heavy atom. The highest BCUT2D eigenvalue weighted by atomic mass is 32.1. The van der Waals surface area contributed by atoms with Crippen molar-refractivity contribution in [3.63, 3.8) is 0 Å². The number of hydrogen-bond acceptors (Lipinski definition) is 4. The van der Waals surface area contributed by atoms with Gasteiger partial charge in [-0.05, 0) is 31.5 Å². The number of nitrogens with zero attached hydrogens (tertiary/aromatic N) is 1. The van der Waals surface area contributed by atoms with Gasteiger partial charge in [0, 0.05) is 12.6 Å². The molecule has 0 aromatic carbocycles. The maximum absolute atomic E-state index is 11.8. The Labute approximate surface area is 94.1 Å². The molecule has 15 heavy (non-hydrogen) atoms. The monoisotopic (exact) mass is 224 g/mol. The minimum absolute atomic E-state index is 0.236. The number of Topliss-reactive ketones (excluding diaryl/α,β-unsaturated/α-hetero) is 1. The average Bonchev–Trinajstić information content (AvgIpc) is 2.91. The van der Waals surface area contributed by atoms with E-state index in [0.29, 0.717) is 12.6 Å². The molecule has 1 aliphatic rings. The van der Waals surface area contributed by atoms with Crippen LogP contribution in [0, 0.1) is 0 Å². The number of nitrogens with one attached hydrogen (secondary N) is 1. The molecule has 0 spiro atoms. The van der Waals surface area contributed by atoms with Crippen molar-refractivity contribution in [3.05, 3.63) is 22.4 Å². The zero-order valence-electron chi connectivity index (χ0n) is 8.90. The van der Waals surface area contributed by atoms with Crippen molar-refractivity contribution in [2.24, 2.45) is 0 Å². The summed E-state index contributed by atoms with van der Waals surface area (Å²) in [7, 11) is 2.03. The van der Waals surface area contributed by atoms with Crippen LogP contribution in [0.5, 0.6) is 0 Å². The second-order valence-corrected chi connectivity index (χ2v) is 4.91. The van der Waals surface area contributed by atoms with Gasteiger partial charge in [0.25, 0.3) is 0 Å². The lowest BCUT2D eigenvalue weighted by atomic mass is 10.2. The van der Waals surface area contributed by atoms with Crippen molar-refractivity contribution in [2.45, 2.75) is 12.5 Å². The molecule has 3 nitrogen and oxygen atoms in total. The maximum Gasteiger partial charge on any atom is 0.186 e. The van der Waals surface area contributed by atoms with E-state index < -0.39 is 0 Å². The zero-order valence-corrected chi connectivity index (χ0v) is 9.72. The van der Waals surface area contributed by atoms with E-state index in [-0.39, 0.29) is 5.78 Å². The molecule has 0 amide bonds. The third kappa shape index (κ3) is 2.65. The Morgan fingerprint density at radius 3 is 3.20 bits per heavy atom. The van der Waals surface area contributed by atoms with Crippen molar-refractivity contribution in [3.8, 4) is 0 Å². The largest absolute Gasteiger partial charge is 0.315 e. The molecule has 0 bridgehead atoms. The molecule has 1 unspecified atom stereocenters. The first-order valence-electron chi connectivity index (χ1n) is 5.25. The van der Waals surface area contributed by atoms with Crippen molar-refractivity contribution < 1.29 is 4.79 Å². The number of rotatable bonds is 4. The van der Waals surface area contributed by atoms with E-state index >= 15 is 0 Å². The Bertz CT molecular complexity index is 317. The standard InChI is InChI=1S/C11H16N2OS/c1-13(9-4-5-12-7-9)8-10(14)11-3-2-6-15-11/h2-3,6,9,12H,4-5,7-8H2,1H3. The molecule has 2 rings (SSSR count). The summed E-state index contributed by atoms with van der Waals surface area (Å²) in [5.41, 5.74) is 0. The van der Waals surface area contributed by atoms with E-state index in [1.165, 1.54) is 11.3 Å². The van der Waals surface area contributed by atoms with Crippen LogP contribution in [0.4, 0.5) is 0 Å². The van der Waals surface area contributed by atoms with Crippen LogP contribution in [0.15, 0.2) is 17.5 Å². The van der Waals surface area contributed by atoms with E-state index in [0.717, 1.165) is 24.4 Å². The lowest BCUT2D eigenvalue weighted by Gasteiger charge is -2.22.